The lowest BCUT2D eigenvalue weighted by molar-refractivity contribution is -0.122. The van der Waals surface area contributed by atoms with Gasteiger partial charge < -0.3 is 10.6 Å². The van der Waals surface area contributed by atoms with Crippen LogP contribution in [-0.4, -0.2) is 43.5 Å². The first-order valence-corrected chi connectivity index (χ1v) is 7.51. The van der Waals surface area contributed by atoms with E-state index in [4.69, 9.17) is 11.6 Å². The number of benzene rings is 1. The van der Waals surface area contributed by atoms with Crippen LogP contribution >= 0.6 is 11.6 Å². The molecular formula is C15H22ClN3O. The quantitative estimate of drug-likeness (QED) is 0.890. The second-order valence-electron chi connectivity index (χ2n) is 5.19. The number of nitrogens with zero attached hydrogens (tertiary/aromatic N) is 1. The van der Waals surface area contributed by atoms with Gasteiger partial charge in [-0.25, -0.2) is 0 Å². The second kappa shape index (κ2) is 7.62. The Morgan fingerprint density at radius 1 is 1.40 bits per heavy atom. The second-order valence-corrected chi connectivity index (χ2v) is 5.60. The molecule has 1 atom stereocenters. The lowest BCUT2D eigenvalue weighted by atomic mass is 10.1. The van der Waals surface area contributed by atoms with Gasteiger partial charge in [0.1, 0.15) is 0 Å². The third-order valence-electron chi connectivity index (χ3n) is 3.55. The molecule has 0 unspecified atom stereocenters. The summed E-state index contributed by atoms with van der Waals surface area (Å²) in [6, 6.07) is 7.55. The van der Waals surface area contributed by atoms with Crippen LogP contribution < -0.4 is 10.6 Å². The maximum Gasteiger partial charge on any atom is 0.234 e. The summed E-state index contributed by atoms with van der Waals surface area (Å²) in [6.45, 7) is 6.30. The number of hydrogen-bond donors (Lipinski definition) is 2. The van der Waals surface area contributed by atoms with Gasteiger partial charge in [-0.3, -0.25) is 9.69 Å². The monoisotopic (exact) mass is 295 g/mol. The number of rotatable bonds is 4. The van der Waals surface area contributed by atoms with Gasteiger partial charge in [-0.05, 0) is 38.1 Å². The molecule has 0 saturated carbocycles. The molecule has 1 heterocycles. The molecule has 1 aromatic carbocycles. The van der Waals surface area contributed by atoms with Gasteiger partial charge in [0.05, 0.1) is 12.6 Å². The average Bonchev–Trinajstić information content (AvgIpc) is 2.67. The molecule has 2 rings (SSSR count). The van der Waals surface area contributed by atoms with Gasteiger partial charge >= 0.3 is 0 Å². The molecule has 1 amide bonds. The largest absolute Gasteiger partial charge is 0.348 e. The number of halogens is 1. The Kier molecular flexibility index (Phi) is 5.83. The van der Waals surface area contributed by atoms with Crippen LogP contribution in [0.15, 0.2) is 24.3 Å². The Morgan fingerprint density at radius 3 is 3.00 bits per heavy atom. The number of hydrogen-bond acceptors (Lipinski definition) is 3. The summed E-state index contributed by atoms with van der Waals surface area (Å²) in [5.74, 6) is 0.0549. The van der Waals surface area contributed by atoms with E-state index in [0.717, 1.165) is 38.2 Å². The maximum atomic E-state index is 12.1. The lowest BCUT2D eigenvalue weighted by Gasteiger charge is -2.21. The van der Waals surface area contributed by atoms with E-state index in [2.05, 4.69) is 15.5 Å². The van der Waals surface area contributed by atoms with Crippen molar-refractivity contribution in [1.82, 2.24) is 15.5 Å². The molecule has 2 N–H and O–H groups in total. The molecular weight excluding hydrogens is 274 g/mol. The molecule has 1 aliphatic rings. The van der Waals surface area contributed by atoms with E-state index in [1.807, 2.05) is 31.2 Å². The Morgan fingerprint density at radius 2 is 2.20 bits per heavy atom. The van der Waals surface area contributed by atoms with Gasteiger partial charge in [0.25, 0.3) is 0 Å². The highest BCUT2D eigenvalue weighted by Crippen LogP contribution is 2.21. The van der Waals surface area contributed by atoms with Gasteiger partial charge in [-0.15, -0.1) is 0 Å². The predicted molar refractivity (Wildman–Crippen MR) is 81.9 cm³/mol. The molecule has 0 spiro atoms. The minimum atomic E-state index is -0.0682. The fraction of sp³-hybridized carbons (Fsp3) is 0.533. The molecule has 1 aromatic rings. The Balaban J connectivity index is 1.86. The van der Waals surface area contributed by atoms with Crippen LogP contribution in [0.4, 0.5) is 0 Å². The topological polar surface area (TPSA) is 44.4 Å². The Bertz CT molecular complexity index is 444. The number of carbonyl (C=O) groups is 1. The fourth-order valence-electron chi connectivity index (χ4n) is 2.45. The standard InChI is InChI=1S/C15H22ClN3O/c1-12(13-5-2-3-6-14(13)16)18-15(20)11-19-9-4-7-17-8-10-19/h2-3,5-6,12,17H,4,7-11H2,1H3,(H,18,20)/t12-/m1/s1. The SMILES string of the molecule is C[C@@H](NC(=O)CN1CCCNCC1)c1ccccc1Cl. The maximum absolute atomic E-state index is 12.1. The van der Waals surface area contributed by atoms with Crippen LogP contribution in [0.25, 0.3) is 0 Å². The normalized spacial score (nSPS) is 18.3. The van der Waals surface area contributed by atoms with Gasteiger partial charge in [0.15, 0.2) is 0 Å². The van der Waals surface area contributed by atoms with E-state index in [-0.39, 0.29) is 11.9 Å². The summed E-state index contributed by atoms with van der Waals surface area (Å²) < 4.78 is 0. The zero-order valence-electron chi connectivity index (χ0n) is 11.9. The molecule has 1 saturated heterocycles. The third kappa shape index (κ3) is 4.47. The van der Waals surface area contributed by atoms with Crippen molar-refractivity contribution in [3.63, 3.8) is 0 Å². The van der Waals surface area contributed by atoms with Crippen LogP contribution in [0.3, 0.4) is 0 Å². The summed E-state index contributed by atoms with van der Waals surface area (Å²) in [5, 5.41) is 7.05. The highest BCUT2D eigenvalue weighted by molar-refractivity contribution is 6.31. The summed E-state index contributed by atoms with van der Waals surface area (Å²) in [4.78, 5) is 14.3. The van der Waals surface area contributed by atoms with Gasteiger partial charge in [0.2, 0.25) is 5.91 Å². The summed E-state index contributed by atoms with van der Waals surface area (Å²) in [6.07, 6.45) is 1.09. The van der Waals surface area contributed by atoms with Crippen molar-refractivity contribution in [3.8, 4) is 0 Å². The van der Waals surface area contributed by atoms with Crippen LogP contribution in [0.5, 0.6) is 0 Å². The molecule has 0 aliphatic carbocycles. The summed E-state index contributed by atoms with van der Waals surface area (Å²) >= 11 is 6.15. The first-order chi connectivity index (χ1) is 9.66. The Labute approximate surface area is 125 Å². The van der Waals surface area contributed by atoms with Crippen molar-refractivity contribution in [3.05, 3.63) is 34.9 Å². The van der Waals surface area contributed by atoms with E-state index in [0.29, 0.717) is 11.6 Å². The van der Waals surface area contributed by atoms with Crippen LogP contribution in [-0.2, 0) is 4.79 Å². The fourth-order valence-corrected chi connectivity index (χ4v) is 2.75. The first-order valence-electron chi connectivity index (χ1n) is 7.13. The zero-order valence-corrected chi connectivity index (χ0v) is 12.6. The summed E-state index contributed by atoms with van der Waals surface area (Å²) in [7, 11) is 0. The number of nitrogens with one attached hydrogen (secondary N) is 2. The van der Waals surface area contributed by atoms with Gasteiger partial charge in [-0.2, -0.15) is 0 Å². The third-order valence-corrected chi connectivity index (χ3v) is 3.89. The van der Waals surface area contributed by atoms with Crippen molar-refractivity contribution in [2.24, 2.45) is 0 Å². The predicted octanol–water partition coefficient (Wildman–Crippen LogP) is 1.81. The van der Waals surface area contributed by atoms with Crippen molar-refractivity contribution < 1.29 is 4.79 Å². The molecule has 20 heavy (non-hydrogen) atoms. The molecule has 1 fully saturated rings. The zero-order chi connectivity index (χ0) is 14.4. The van der Waals surface area contributed by atoms with Crippen molar-refractivity contribution in [2.45, 2.75) is 19.4 Å². The molecule has 0 radical (unpaired) electrons. The molecule has 0 bridgehead atoms. The smallest absolute Gasteiger partial charge is 0.234 e. The van der Waals surface area contributed by atoms with Crippen LogP contribution in [0.2, 0.25) is 5.02 Å². The number of amides is 1. The van der Waals surface area contributed by atoms with Crippen LogP contribution in [0.1, 0.15) is 24.9 Å². The first kappa shape index (κ1) is 15.3. The molecule has 0 aromatic heterocycles. The highest BCUT2D eigenvalue weighted by atomic mass is 35.5. The number of carbonyl (C=O) groups excluding carboxylic acids is 1. The lowest BCUT2D eigenvalue weighted by Crippen LogP contribution is -2.39. The van der Waals surface area contributed by atoms with E-state index in [1.54, 1.807) is 0 Å². The molecule has 4 nitrogen and oxygen atoms in total. The van der Waals surface area contributed by atoms with Gasteiger partial charge in [0, 0.05) is 18.1 Å². The summed E-state index contributed by atoms with van der Waals surface area (Å²) in [5.41, 5.74) is 0.958. The molecule has 110 valence electrons. The van der Waals surface area contributed by atoms with Crippen molar-refractivity contribution in [1.29, 1.82) is 0 Å². The van der Waals surface area contributed by atoms with E-state index < -0.39 is 0 Å². The minimum absolute atomic E-state index is 0.0549. The Hall–Kier alpha value is -1.10. The van der Waals surface area contributed by atoms with E-state index in [1.165, 1.54) is 0 Å². The van der Waals surface area contributed by atoms with Crippen molar-refractivity contribution >= 4 is 17.5 Å². The minimum Gasteiger partial charge on any atom is -0.348 e. The molecule has 5 heteroatoms. The highest BCUT2D eigenvalue weighted by Gasteiger charge is 2.16. The van der Waals surface area contributed by atoms with Gasteiger partial charge in [-0.1, -0.05) is 29.8 Å². The van der Waals surface area contributed by atoms with E-state index in [9.17, 15) is 4.79 Å². The molecule has 1 aliphatic heterocycles. The van der Waals surface area contributed by atoms with Crippen molar-refractivity contribution in [2.75, 3.05) is 32.7 Å². The average molecular weight is 296 g/mol. The van der Waals surface area contributed by atoms with E-state index >= 15 is 0 Å². The van der Waals surface area contributed by atoms with Crippen LogP contribution in [0, 0.1) is 0 Å².